The Bertz CT molecular complexity index is 1630. The number of piperidine rings is 2. The van der Waals surface area contributed by atoms with Gasteiger partial charge in [-0.25, -0.2) is 0 Å². The van der Waals surface area contributed by atoms with Gasteiger partial charge in [0.05, 0.1) is 26.2 Å². The molecule has 0 spiro atoms. The van der Waals surface area contributed by atoms with E-state index < -0.39 is 11.8 Å². The average molecular weight is 605 g/mol. The normalized spacial score (nSPS) is 18.9. The Kier molecular flexibility index (Phi) is 9.07. The summed E-state index contributed by atoms with van der Waals surface area (Å²) in [5.41, 5.74) is 4.98. The number of ketones is 2. The van der Waals surface area contributed by atoms with Crippen molar-refractivity contribution >= 4 is 47.7 Å². The van der Waals surface area contributed by atoms with Crippen LogP contribution in [0.1, 0.15) is 22.3 Å². The van der Waals surface area contributed by atoms with Crippen LogP contribution in [-0.2, 0) is 19.2 Å². The molecule has 2 heterocycles. The molecule has 2 aliphatic heterocycles. The van der Waals surface area contributed by atoms with Crippen LogP contribution in [0.15, 0.2) is 144 Å². The summed E-state index contributed by atoms with van der Waals surface area (Å²) in [6.07, 6.45) is 7.08. The van der Waals surface area contributed by atoms with Crippen LogP contribution in [0.5, 0.6) is 0 Å². The predicted octanol–water partition coefficient (Wildman–Crippen LogP) is 6.14. The Morgan fingerprint density at radius 2 is 0.609 bits per heavy atom. The minimum Gasteiger partial charge on any atom is -0.325 e. The molecule has 0 aliphatic carbocycles. The van der Waals surface area contributed by atoms with Gasteiger partial charge in [0.2, 0.25) is 0 Å². The molecule has 0 radical (unpaired) electrons. The number of carbonyl (C=O) groups excluding carboxylic acids is 4. The van der Waals surface area contributed by atoms with Crippen molar-refractivity contribution in [3.63, 3.8) is 0 Å². The van der Waals surface area contributed by atoms with Crippen LogP contribution in [0.25, 0.3) is 24.3 Å². The molecule has 0 aromatic heterocycles. The molecule has 0 saturated carbocycles. The maximum Gasteiger partial charge on any atom is 0.312 e. The molecule has 2 fully saturated rings. The lowest BCUT2D eigenvalue weighted by atomic mass is 9.93. The Morgan fingerprint density at radius 1 is 0.391 bits per heavy atom. The molecule has 6 heteroatoms. The summed E-state index contributed by atoms with van der Waals surface area (Å²) in [6.45, 7) is -0.0134. The molecular weight excluding hydrogens is 572 g/mol. The predicted molar refractivity (Wildman–Crippen MR) is 181 cm³/mol. The highest BCUT2D eigenvalue weighted by Gasteiger charge is 2.37. The maximum atomic E-state index is 14.0. The minimum atomic E-state index is -0.724. The summed E-state index contributed by atoms with van der Waals surface area (Å²) in [7, 11) is 0. The van der Waals surface area contributed by atoms with Crippen LogP contribution in [0.2, 0.25) is 0 Å². The number of amides is 2. The third-order valence-corrected chi connectivity index (χ3v) is 7.93. The monoisotopic (exact) mass is 604 g/mol. The van der Waals surface area contributed by atoms with Crippen LogP contribution in [-0.4, -0.2) is 59.4 Å². The molecule has 2 aliphatic rings. The van der Waals surface area contributed by atoms with Crippen molar-refractivity contribution in [1.82, 2.24) is 9.80 Å². The fraction of sp³-hybridized carbons (Fsp3) is 0.100. The Morgan fingerprint density at radius 3 is 0.826 bits per heavy atom. The molecule has 0 unspecified atom stereocenters. The van der Waals surface area contributed by atoms with Crippen molar-refractivity contribution in [2.45, 2.75) is 0 Å². The highest BCUT2D eigenvalue weighted by atomic mass is 16.2. The fourth-order valence-electron chi connectivity index (χ4n) is 5.64. The Hall–Kier alpha value is -5.88. The van der Waals surface area contributed by atoms with E-state index in [4.69, 9.17) is 0 Å². The van der Waals surface area contributed by atoms with E-state index in [1.807, 2.05) is 121 Å². The number of benzene rings is 4. The van der Waals surface area contributed by atoms with Crippen LogP contribution in [0.4, 0.5) is 0 Å². The summed E-state index contributed by atoms with van der Waals surface area (Å²) in [5.74, 6) is -1.77. The van der Waals surface area contributed by atoms with E-state index in [0.717, 1.165) is 22.3 Å². The number of carbonyl (C=O) groups is 4. The van der Waals surface area contributed by atoms with Gasteiger partial charge in [-0.3, -0.25) is 19.2 Å². The zero-order chi connectivity index (χ0) is 31.9. The second-order valence-electron chi connectivity index (χ2n) is 11.3. The van der Waals surface area contributed by atoms with E-state index in [0.29, 0.717) is 22.3 Å². The third kappa shape index (κ3) is 7.08. The smallest absolute Gasteiger partial charge is 0.312 e. The molecule has 46 heavy (non-hydrogen) atoms. The van der Waals surface area contributed by atoms with Crippen molar-refractivity contribution in [3.8, 4) is 0 Å². The van der Waals surface area contributed by atoms with Gasteiger partial charge >= 0.3 is 11.8 Å². The lowest BCUT2D eigenvalue weighted by molar-refractivity contribution is -0.151. The van der Waals surface area contributed by atoms with Crippen molar-refractivity contribution < 1.29 is 19.2 Å². The van der Waals surface area contributed by atoms with Gasteiger partial charge in [0.1, 0.15) is 0 Å². The first-order chi connectivity index (χ1) is 22.4. The minimum absolute atomic E-state index is 0.00335. The molecule has 0 N–H and O–H groups in total. The molecule has 226 valence electrons. The molecule has 0 bridgehead atoms. The first-order valence-electron chi connectivity index (χ1n) is 15.1. The first-order valence-corrected chi connectivity index (χ1v) is 15.1. The zero-order valence-corrected chi connectivity index (χ0v) is 25.2. The molecule has 2 amide bonds. The van der Waals surface area contributed by atoms with E-state index in [-0.39, 0.29) is 37.7 Å². The summed E-state index contributed by atoms with van der Waals surface area (Å²) in [6, 6.07) is 37.7. The molecular formula is C40H32N2O4. The van der Waals surface area contributed by atoms with Gasteiger partial charge in [0.15, 0.2) is 11.6 Å². The van der Waals surface area contributed by atoms with Crippen molar-refractivity contribution in [3.05, 3.63) is 166 Å². The number of Topliss-reactive ketones (excluding diaryl/α,β-unsaturated/α-hetero) is 2. The molecule has 0 atom stereocenters. The van der Waals surface area contributed by atoms with Gasteiger partial charge in [-0.1, -0.05) is 121 Å². The largest absolute Gasteiger partial charge is 0.325 e. The van der Waals surface area contributed by atoms with Gasteiger partial charge in [-0.15, -0.1) is 0 Å². The van der Waals surface area contributed by atoms with Crippen LogP contribution >= 0.6 is 0 Å². The van der Waals surface area contributed by atoms with Crippen LogP contribution < -0.4 is 0 Å². The summed E-state index contributed by atoms with van der Waals surface area (Å²) in [4.78, 5) is 58.0. The first kappa shape index (κ1) is 30.2. The highest BCUT2D eigenvalue weighted by molar-refractivity contribution is 6.36. The second-order valence-corrected chi connectivity index (χ2v) is 11.3. The molecule has 4 aromatic rings. The standard InChI is InChI=1S/C40H32N2O4/c43-37-33(21-29-13-5-1-6-14-29)25-41(26-34(37)22-30-15-7-2-8-16-30)39(45)40(46)42-27-35(23-31-17-9-3-10-18-31)38(44)36(28-42)24-32-19-11-4-12-20-32/h1-24H,25-28H2/b33-21+,34-22+,35-23+,36-24+. The Balaban J connectivity index is 1.32. The van der Waals surface area contributed by atoms with Gasteiger partial charge in [-0.2, -0.15) is 0 Å². The average Bonchev–Trinajstić information content (AvgIpc) is 3.09. The topological polar surface area (TPSA) is 74.8 Å². The van der Waals surface area contributed by atoms with Crippen molar-refractivity contribution in [1.29, 1.82) is 0 Å². The molecule has 6 rings (SSSR count). The Labute approximate surface area is 268 Å². The summed E-state index contributed by atoms with van der Waals surface area (Å²) in [5, 5.41) is 0. The maximum absolute atomic E-state index is 14.0. The second kappa shape index (κ2) is 13.8. The van der Waals surface area contributed by atoms with Crippen LogP contribution in [0.3, 0.4) is 0 Å². The molecule has 4 aromatic carbocycles. The van der Waals surface area contributed by atoms with Crippen molar-refractivity contribution in [2.24, 2.45) is 0 Å². The van der Waals surface area contributed by atoms with Gasteiger partial charge < -0.3 is 9.80 Å². The van der Waals surface area contributed by atoms with E-state index in [1.165, 1.54) is 9.80 Å². The number of rotatable bonds is 4. The molecule has 6 nitrogen and oxygen atoms in total. The fourth-order valence-corrected chi connectivity index (χ4v) is 5.64. The lowest BCUT2D eigenvalue weighted by Crippen LogP contribution is -2.52. The van der Waals surface area contributed by atoms with Gasteiger partial charge in [-0.05, 0) is 46.6 Å². The van der Waals surface area contributed by atoms with E-state index in [9.17, 15) is 19.2 Å². The lowest BCUT2D eigenvalue weighted by Gasteiger charge is -2.33. The zero-order valence-electron chi connectivity index (χ0n) is 25.2. The highest BCUT2D eigenvalue weighted by Crippen LogP contribution is 2.25. The van der Waals surface area contributed by atoms with E-state index in [1.54, 1.807) is 24.3 Å². The summed E-state index contributed by atoms with van der Waals surface area (Å²) >= 11 is 0. The number of hydrogen-bond donors (Lipinski definition) is 0. The third-order valence-electron chi connectivity index (χ3n) is 7.93. The van der Waals surface area contributed by atoms with Crippen molar-refractivity contribution in [2.75, 3.05) is 26.2 Å². The van der Waals surface area contributed by atoms with Crippen LogP contribution in [0, 0.1) is 0 Å². The van der Waals surface area contributed by atoms with Gasteiger partial charge in [0.25, 0.3) is 0 Å². The number of nitrogens with zero attached hydrogens (tertiary/aromatic N) is 2. The quantitative estimate of drug-likeness (QED) is 0.207. The SMILES string of the molecule is O=C1/C(=C/c2ccccc2)CN(C(=O)C(=O)N2C/C(=C\c3ccccc3)C(=O)/C(=C/c3ccccc3)C2)C/C1=C\c1ccccc1. The number of hydrogen-bond acceptors (Lipinski definition) is 4. The number of likely N-dealkylation sites (tertiary alicyclic amines) is 2. The summed E-state index contributed by atoms with van der Waals surface area (Å²) < 4.78 is 0. The van der Waals surface area contributed by atoms with E-state index in [2.05, 4.69) is 0 Å². The van der Waals surface area contributed by atoms with E-state index >= 15 is 0 Å². The molecule has 2 saturated heterocycles. The van der Waals surface area contributed by atoms with Gasteiger partial charge in [0, 0.05) is 22.3 Å².